The summed E-state index contributed by atoms with van der Waals surface area (Å²) in [4.78, 5) is 20.1. The van der Waals surface area contributed by atoms with Crippen LogP contribution in [0.1, 0.15) is 22.1 Å². The third kappa shape index (κ3) is 3.31. The number of piperazine rings is 1. The van der Waals surface area contributed by atoms with Crippen molar-refractivity contribution >= 4 is 5.91 Å². The van der Waals surface area contributed by atoms with Gasteiger partial charge >= 0.3 is 0 Å². The number of phenols is 1. The summed E-state index contributed by atoms with van der Waals surface area (Å²) in [6.45, 7) is 4.39. The van der Waals surface area contributed by atoms with E-state index in [-0.39, 0.29) is 11.3 Å². The monoisotopic (exact) mass is 320 g/mol. The maximum Gasteiger partial charge on any atom is 0.260 e. The molecule has 1 aromatic carbocycles. The average Bonchev–Trinajstić information content (AvgIpc) is 2.93. The molecule has 1 amide bonds. The van der Waals surface area contributed by atoms with Crippen LogP contribution in [0.3, 0.4) is 0 Å². The van der Waals surface area contributed by atoms with Crippen molar-refractivity contribution in [1.82, 2.24) is 19.9 Å². The molecule has 1 saturated heterocycles. The predicted octanol–water partition coefficient (Wildman–Crippen LogP) is 1.18. The lowest BCUT2D eigenvalue weighted by Crippen LogP contribution is -2.48. The first kappa shape index (κ1) is 15.4. The van der Waals surface area contributed by atoms with Crippen LogP contribution in [0.2, 0.25) is 0 Å². The van der Waals surface area contributed by atoms with Crippen LogP contribution in [0.15, 0.2) is 22.7 Å². The third-order valence-electron chi connectivity index (χ3n) is 3.79. The molecule has 1 fully saturated rings. The van der Waals surface area contributed by atoms with E-state index in [1.54, 1.807) is 6.92 Å². The number of amides is 1. The quantitative estimate of drug-likeness (QED) is 0.914. The van der Waals surface area contributed by atoms with Crippen molar-refractivity contribution in [1.29, 1.82) is 0 Å². The molecule has 0 radical (unpaired) electrons. The van der Waals surface area contributed by atoms with Gasteiger partial charge in [0.05, 0.1) is 6.54 Å². The molecule has 0 bridgehead atoms. The second-order valence-corrected chi connectivity index (χ2v) is 5.44. The zero-order valence-corrected chi connectivity index (χ0v) is 12.7. The summed E-state index contributed by atoms with van der Waals surface area (Å²) in [5.74, 6) is -0.413. The van der Waals surface area contributed by atoms with Crippen LogP contribution in [0.5, 0.6) is 5.75 Å². The Hall–Kier alpha value is -2.48. The van der Waals surface area contributed by atoms with Gasteiger partial charge in [-0.15, -0.1) is 0 Å². The highest BCUT2D eigenvalue weighted by Gasteiger charge is 2.26. The van der Waals surface area contributed by atoms with Crippen molar-refractivity contribution < 1.29 is 18.8 Å². The fourth-order valence-electron chi connectivity index (χ4n) is 2.59. The molecular weight excluding hydrogens is 303 g/mol. The smallest absolute Gasteiger partial charge is 0.260 e. The summed E-state index contributed by atoms with van der Waals surface area (Å²) in [7, 11) is 0. The average molecular weight is 320 g/mol. The van der Waals surface area contributed by atoms with E-state index >= 15 is 0 Å². The van der Waals surface area contributed by atoms with Crippen LogP contribution in [-0.4, -0.2) is 57.1 Å². The fraction of sp³-hybridized carbons (Fsp3) is 0.400. The number of hydrogen-bond acceptors (Lipinski definition) is 6. The van der Waals surface area contributed by atoms with E-state index in [2.05, 4.69) is 15.0 Å². The molecule has 7 nitrogen and oxygen atoms in total. The Morgan fingerprint density at radius 1 is 1.35 bits per heavy atom. The molecule has 0 atom stereocenters. The van der Waals surface area contributed by atoms with Crippen molar-refractivity contribution in [3.63, 3.8) is 0 Å². The topological polar surface area (TPSA) is 82.7 Å². The highest BCUT2D eigenvalue weighted by molar-refractivity contribution is 5.97. The predicted molar refractivity (Wildman–Crippen MR) is 78.3 cm³/mol. The Balaban J connectivity index is 1.61. The molecular formula is C15H17FN4O3. The Labute approximate surface area is 132 Å². The number of halogens is 1. The summed E-state index contributed by atoms with van der Waals surface area (Å²) in [6.07, 6.45) is 0. The number of carbonyl (C=O) groups is 1. The van der Waals surface area contributed by atoms with Gasteiger partial charge in [0.25, 0.3) is 5.91 Å². The molecule has 2 aromatic rings. The first-order chi connectivity index (χ1) is 11.0. The highest BCUT2D eigenvalue weighted by Crippen LogP contribution is 2.22. The maximum atomic E-state index is 13.8. The number of rotatable bonds is 3. The number of aryl methyl sites for hydroxylation is 1. The summed E-state index contributed by atoms with van der Waals surface area (Å²) in [5, 5.41) is 13.5. The highest BCUT2D eigenvalue weighted by atomic mass is 19.1. The molecule has 1 aromatic heterocycles. The van der Waals surface area contributed by atoms with E-state index in [4.69, 9.17) is 4.52 Å². The van der Waals surface area contributed by atoms with Gasteiger partial charge in [0, 0.05) is 26.2 Å². The van der Waals surface area contributed by atoms with Gasteiger partial charge < -0.3 is 14.5 Å². The van der Waals surface area contributed by atoms with Gasteiger partial charge in [-0.3, -0.25) is 9.69 Å². The minimum Gasteiger partial charge on any atom is -0.507 e. The van der Waals surface area contributed by atoms with Crippen LogP contribution >= 0.6 is 0 Å². The second-order valence-electron chi connectivity index (χ2n) is 5.44. The molecule has 1 aliphatic rings. The van der Waals surface area contributed by atoms with E-state index in [1.807, 2.05) is 0 Å². The van der Waals surface area contributed by atoms with E-state index in [1.165, 1.54) is 23.1 Å². The lowest BCUT2D eigenvalue weighted by atomic mass is 10.1. The third-order valence-corrected chi connectivity index (χ3v) is 3.79. The van der Waals surface area contributed by atoms with Gasteiger partial charge in [0.1, 0.15) is 17.1 Å². The van der Waals surface area contributed by atoms with Gasteiger partial charge in [-0.05, 0) is 19.1 Å². The van der Waals surface area contributed by atoms with Crippen LogP contribution in [0.25, 0.3) is 0 Å². The summed E-state index contributed by atoms with van der Waals surface area (Å²) < 4.78 is 18.9. The number of hydrogen-bond donors (Lipinski definition) is 1. The van der Waals surface area contributed by atoms with Gasteiger partial charge in [-0.1, -0.05) is 11.2 Å². The number of nitrogens with zero attached hydrogens (tertiary/aromatic N) is 4. The van der Waals surface area contributed by atoms with Crippen molar-refractivity contribution in [2.24, 2.45) is 0 Å². The maximum absolute atomic E-state index is 13.8. The number of carbonyl (C=O) groups excluding carboxylic acids is 1. The van der Waals surface area contributed by atoms with Crippen LogP contribution in [-0.2, 0) is 6.54 Å². The molecule has 0 aliphatic carbocycles. The molecule has 1 aliphatic heterocycles. The standard InChI is InChI=1S/C15H17FN4O3/c1-10-17-13(23-18-10)9-19-5-7-20(8-6-19)15(22)14-11(16)3-2-4-12(14)21/h2-4,21H,5-9H2,1H3. The lowest BCUT2D eigenvalue weighted by Gasteiger charge is -2.34. The number of phenolic OH excluding ortho intramolecular Hbond substituents is 1. The van der Waals surface area contributed by atoms with Crippen molar-refractivity contribution in [2.45, 2.75) is 13.5 Å². The Morgan fingerprint density at radius 2 is 2.09 bits per heavy atom. The van der Waals surface area contributed by atoms with E-state index in [0.717, 1.165) is 0 Å². The van der Waals surface area contributed by atoms with E-state index in [9.17, 15) is 14.3 Å². The lowest BCUT2D eigenvalue weighted by molar-refractivity contribution is 0.0607. The first-order valence-electron chi connectivity index (χ1n) is 7.33. The second kappa shape index (κ2) is 6.33. The molecule has 0 spiro atoms. The molecule has 8 heteroatoms. The summed E-state index contributed by atoms with van der Waals surface area (Å²) >= 11 is 0. The van der Waals surface area contributed by atoms with Crippen molar-refractivity contribution in [2.75, 3.05) is 26.2 Å². The van der Waals surface area contributed by atoms with Crippen LogP contribution in [0.4, 0.5) is 4.39 Å². The number of benzene rings is 1. The Morgan fingerprint density at radius 3 is 2.70 bits per heavy atom. The largest absolute Gasteiger partial charge is 0.507 e. The SMILES string of the molecule is Cc1noc(CN2CCN(C(=O)c3c(O)cccc3F)CC2)n1. The van der Waals surface area contributed by atoms with Gasteiger partial charge in [-0.2, -0.15) is 4.98 Å². The minimum absolute atomic E-state index is 0.270. The zero-order chi connectivity index (χ0) is 16.4. The molecule has 2 heterocycles. The van der Waals surface area contributed by atoms with Gasteiger partial charge in [0.15, 0.2) is 5.82 Å². The molecule has 122 valence electrons. The summed E-state index contributed by atoms with van der Waals surface area (Å²) in [5.41, 5.74) is -0.270. The van der Waals surface area contributed by atoms with E-state index in [0.29, 0.717) is 44.4 Å². The fourth-order valence-corrected chi connectivity index (χ4v) is 2.59. The summed E-state index contributed by atoms with van der Waals surface area (Å²) in [6, 6.07) is 3.84. The Kier molecular flexibility index (Phi) is 4.24. The number of aromatic nitrogens is 2. The van der Waals surface area contributed by atoms with Crippen LogP contribution < -0.4 is 0 Å². The minimum atomic E-state index is -0.709. The molecule has 0 unspecified atom stereocenters. The molecule has 0 saturated carbocycles. The molecule has 23 heavy (non-hydrogen) atoms. The molecule has 3 rings (SSSR count). The normalized spacial score (nSPS) is 15.8. The first-order valence-corrected chi connectivity index (χ1v) is 7.33. The zero-order valence-electron chi connectivity index (χ0n) is 12.7. The van der Waals surface area contributed by atoms with Crippen molar-refractivity contribution in [3.8, 4) is 5.75 Å². The van der Waals surface area contributed by atoms with Gasteiger partial charge in [-0.25, -0.2) is 4.39 Å². The van der Waals surface area contributed by atoms with Crippen molar-refractivity contribution in [3.05, 3.63) is 41.3 Å². The van der Waals surface area contributed by atoms with E-state index < -0.39 is 11.7 Å². The molecule has 1 N–H and O–H groups in total. The van der Waals surface area contributed by atoms with Crippen LogP contribution in [0, 0.1) is 12.7 Å². The Bertz CT molecular complexity index is 690. The number of aromatic hydroxyl groups is 1. The van der Waals surface area contributed by atoms with Gasteiger partial charge in [0.2, 0.25) is 5.89 Å².